The summed E-state index contributed by atoms with van der Waals surface area (Å²) >= 11 is 0. The molecule has 188 valence electrons. The maximum Gasteiger partial charge on any atom is 0.207 e. The maximum absolute atomic E-state index is 11.9. The van der Waals surface area contributed by atoms with Crippen molar-refractivity contribution in [3.63, 3.8) is 0 Å². The van der Waals surface area contributed by atoms with E-state index in [2.05, 4.69) is 15.4 Å². The Morgan fingerprint density at radius 3 is 2.60 bits per heavy atom. The quantitative estimate of drug-likeness (QED) is 0.297. The molecule has 4 N–H and O–H groups in total. The second-order valence-corrected chi connectivity index (χ2v) is 9.18. The van der Waals surface area contributed by atoms with Crippen LogP contribution in [0.1, 0.15) is 37.1 Å². The second-order valence-electron chi connectivity index (χ2n) is 9.18. The van der Waals surface area contributed by atoms with Crippen LogP contribution in [0.2, 0.25) is 0 Å². The minimum Gasteiger partial charge on any atom is -0.479 e. The van der Waals surface area contributed by atoms with E-state index in [0.717, 1.165) is 11.3 Å². The normalized spacial score (nSPS) is 28.1. The summed E-state index contributed by atoms with van der Waals surface area (Å²) in [4.78, 5) is 1.97. The number of nitrogens with zero attached hydrogens (tertiary/aromatic N) is 5. The van der Waals surface area contributed by atoms with E-state index in [9.17, 15) is 10.2 Å². The Morgan fingerprint density at radius 1 is 1.23 bits per heavy atom. The molecular weight excluding hydrogens is 452 g/mol. The van der Waals surface area contributed by atoms with E-state index >= 15 is 0 Å². The Hall–Kier alpha value is -3.09. The molecule has 5 atom stereocenters. The monoisotopic (exact) mass is 485 g/mol. The lowest BCUT2D eigenvalue weighted by atomic mass is 9.83. The van der Waals surface area contributed by atoms with E-state index in [4.69, 9.17) is 19.9 Å². The van der Waals surface area contributed by atoms with Crippen molar-refractivity contribution in [3.05, 3.63) is 53.6 Å². The van der Waals surface area contributed by atoms with Crippen molar-refractivity contribution < 1.29 is 29.1 Å². The van der Waals surface area contributed by atoms with Crippen LogP contribution in [0.15, 0.2) is 57.9 Å². The van der Waals surface area contributed by atoms with E-state index in [-0.39, 0.29) is 11.4 Å². The molecule has 2 heterocycles. The summed E-state index contributed by atoms with van der Waals surface area (Å²) in [6, 6.07) is 12.1. The zero-order valence-corrected chi connectivity index (χ0v) is 20.6. The van der Waals surface area contributed by atoms with Gasteiger partial charge in [0, 0.05) is 31.2 Å². The van der Waals surface area contributed by atoms with E-state index < -0.39 is 30.1 Å². The summed E-state index contributed by atoms with van der Waals surface area (Å²) in [7, 11) is 4.80. The first-order valence-corrected chi connectivity index (χ1v) is 11.3. The highest BCUT2D eigenvalue weighted by molar-refractivity contribution is 5.58. The molecule has 11 heteroatoms. The molecule has 2 aliphatic heterocycles. The van der Waals surface area contributed by atoms with Crippen LogP contribution >= 0.6 is 0 Å². The van der Waals surface area contributed by atoms with Crippen molar-refractivity contribution in [2.45, 2.75) is 44.0 Å². The molecule has 0 saturated carbocycles. The molecule has 2 aliphatic rings. The molecule has 2 unspecified atom stereocenters. The fourth-order valence-electron chi connectivity index (χ4n) is 4.70. The number of nitrogen functional groups attached to an aromatic ring is 1. The number of fused-ring (bicyclic) bond motifs is 1. The van der Waals surface area contributed by atoms with Crippen LogP contribution in [0.25, 0.3) is 0 Å². The first-order valence-electron chi connectivity index (χ1n) is 11.3. The fourth-order valence-corrected chi connectivity index (χ4v) is 4.70. The Morgan fingerprint density at radius 2 is 1.97 bits per heavy atom. The van der Waals surface area contributed by atoms with Crippen molar-refractivity contribution in [2.75, 3.05) is 38.6 Å². The molecule has 35 heavy (non-hydrogen) atoms. The Balaban J connectivity index is 1.91. The van der Waals surface area contributed by atoms with Gasteiger partial charge in [-0.05, 0) is 59.5 Å². The zero-order valence-electron chi connectivity index (χ0n) is 20.6. The highest BCUT2D eigenvalue weighted by Gasteiger charge is 2.55. The number of hydrogen-bond acceptors (Lipinski definition) is 10. The van der Waals surface area contributed by atoms with Gasteiger partial charge in [-0.2, -0.15) is 0 Å². The van der Waals surface area contributed by atoms with Crippen molar-refractivity contribution >= 4 is 17.7 Å². The van der Waals surface area contributed by atoms with Crippen molar-refractivity contribution in [1.29, 1.82) is 0 Å². The van der Waals surface area contributed by atoms with Gasteiger partial charge in [0.15, 0.2) is 11.9 Å². The molecule has 0 aromatic heterocycles. The van der Waals surface area contributed by atoms with E-state index in [1.54, 1.807) is 39.1 Å². The third kappa shape index (κ3) is 4.60. The van der Waals surface area contributed by atoms with Crippen LogP contribution in [0.4, 0.5) is 11.4 Å². The molecule has 0 bridgehead atoms. The molecular formula is C24H33N6O5+. The summed E-state index contributed by atoms with van der Waals surface area (Å²) in [6.45, 7) is 3.67. The standard InChI is InChI=1S/C24H33N6O5/c1-15(31)16-7-6-8-18(11-16)29(14-30(3)27-13-26-28-30)21-19-12-17(25)9-10-20(19)35-24(2,22(21)32)23(33-4)34-5/h6-13,15,21-23,31-32H,14,25H2,1-5H3/q+1/t15?,21-,22+,24-,30?/m0/s1. The average molecular weight is 486 g/mol. The molecule has 0 spiro atoms. The Bertz CT molecular complexity index is 1110. The van der Waals surface area contributed by atoms with Crippen molar-refractivity contribution in [2.24, 2.45) is 15.4 Å². The number of anilines is 2. The molecule has 0 fully saturated rings. The number of ether oxygens (including phenoxy) is 3. The first-order chi connectivity index (χ1) is 16.6. The largest absolute Gasteiger partial charge is 0.479 e. The number of quaternary nitrogens is 1. The van der Waals surface area contributed by atoms with Crippen LogP contribution < -0.4 is 15.4 Å². The summed E-state index contributed by atoms with van der Waals surface area (Å²) < 4.78 is 17.3. The Kier molecular flexibility index (Phi) is 6.80. The minimum atomic E-state index is -1.27. The van der Waals surface area contributed by atoms with Gasteiger partial charge in [-0.3, -0.25) is 0 Å². The van der Waals surface area contributed by atoms with Gasteiger partial charge in [0.25, 0.3) is 0 Å². The number of methoxy groups -OCH3 is 2. The second kappa shape index (κ2) is 9.51. The number of hydrogen-bond donors (Lipinski definition) is 3. The van der Waals surface area contributed by atoms with Crippen LogP contribution in [-0.2, 0) is 9.47 Å². The lowest BCUT2D eigenvalue weighted by molar-refractivity contribution is -0.923. The van der Waals surface area contributed by atoms with E-state index in [1.165, 1.54) is 20.6 Å². The average Bonchev–Trinajstić information content (AvgIpc) is 3.26. The minimum absolute atomic E-state index is 0.116. The SMILES string of the molecule is COC(OC)[C@@]1(C)Oc2ccc(N)cc2[C@H](N(C[N+]2(C)N=CN=N2)c2cccc(C(C)O)c2)[C@H]1O. The van der Waals surface area contributed by atoms with Gasteiger partial charge in [0.05, 0.1) is 17.4 Å². The van der Waals surface area contributed by atoms with E-state index in [1.807, 2.05) is 29.2 Å². The molecule has 11 nitrogen and oxygen atoms in total. The predicted molar refractivity (Wildman–Crippen MR) is 130 cm³/mol. The third-order valence-corrected chi connectivity index (χ3v) is 6.50. The van der Waals surface area contributed by atoms with Crippen molar-refractivity contribution in [3.8, 4) is 5.75 Å². The first kappa shape index (κ1) is 25.0. The molecule has 0 aliphatic carbocycles. The molecule has 2 aromatic rings. The van der Waals surface area contributed by atoms with Gasteiger partial charge in [-0.25, -0.2) is 0 Å². The van der Waals surface area contributed by atoms with E-state index in [0.29, 0.717) is 17.0 Å². The number of rotatable bonds is 8. The molecule has 2 aromatic carbocycles. The summed E-state index contributed by atoms with van der Waals surface area (Å²) in [5.41, 5.74) is 7.58. The van der Waals surface area contributed by atoms with Crippen LogP contribution in [0, 0.1) is 0 Å². The number of aliphatic hydroxyl groups is 2. The topological polar surface area (TPSA) is 134 Å². The smallest absolute Gasteiger partial charge is 0.207 e. The maximum atomic E-state index is 11.9. The van der Waals surface area contributed by atoms with Gasteiger partial charge in [0.2, 0.25) is 13.0 Å². The van der Waals surface area contributed by atoms with Crippen LogP contribution in [0.5, 0.6) is 5.75 Å². The lowest BCUT2D eigenvalue weighted by Gasteiger charge is -2.50. The molecule has 4 rings (SSSR count). The lowest BCUT2D eigenvalue weighted by Crippen LogP contribution is -2.63. The predicted octanol–water partition coefficient (Wildman–Crippen LogP) is 2.73. The molecule has 0 amide bonds. The highest BCUT2D eigenvalue weighted by Crippen LogP contribution is 2.47. The number of nitrogens with two attached hydrogens (primary N) is 1. The highest BCUT2D eigenvalue weighted by atomic mass is 16.7. The Labute approximate surface area is 204 Å². The van der Waals surface area contributed by atoms with Crippen molar-refractivity contribution in [1.82, 2.24) is 0 Å². The summed E-state index contributed by atoms with van der Waals surface area (Å²) in [5, 5.41) is 34.7. The van der Waals surface area contributed by atoms with Gasteiger partial charge in [-0.15, -0.1) is 0 Å². The van der Waals surface area contributed by atoms with Gasteiger partial charge < -0.3 is 35.1 Å². The number of benzene rings is 2. The fraction of sp³-hybridized carbons (Fsp3) is 0.458. The van der Waals surface area contributed by atoms with Crippen LogP contribution in [-0.4, -0.2) is 67.2 Å². The number of aliphatic hydroxyl groups excluding tert-OH is 2. The van der Waals surface area contributed by atoms with Gasteiger partial charge >= 0.3 is 0 Å². The summed E-state index contributed by atoms with van der Waals surface area (Å²) in [5.74, 6) is 0.544. The van der Waals surface area contributed by atoms with Gasteiger partial charge in [0.1, 0.15) is 18.9 Å². The molecule has 0 radical (unpaired) electrons. The van der Waals surface area contributed by atoms with Crippen LogP contribution in [0.3, 0.4) is 0 Å². The summed E-state index contributed by atoms with van der Waals surface area (Å²) in [6.07, 6.45) is -1.28. The van der Waals surface area contributed by atoms with Gasteiger partial charge in [-0.1, -0.05) is 17.2 Å². The third-order valence-electron chi connectivity index (χ3n) is 6.50. The zero-order chi connectivity index (χ0) is 25.4. The molecule has 0 saturated heterocycles.